The molecule has 0 spiro atoms. The van der Waals surface area contributed by atoms with E-state index in [2.05, 4.69) is 9.97 Å². The molecular formula is C10H10N2O4. The van der Waals surface area contributed by atoms with Crippen molar-refractivity contribution in [2.75, 3.05) is 0 Å². The first-order valence-electron chi connectivity index (χ1n) is 4.65. The Kier molecular flexibility index (Phi) is 2.59. The Bertz CT molecular complexity index is 585. The zero-order chi connectivity index (χ0) is 11.7. The molecule has 1 heterocycles. The minimum atomic E-state index is -0.742. The maximum atomic E-state index is 11.1. The van der Waals surface area contributed by atoms with E-state index in [0.717, 1.165) is 0 Å². The molecule has 4 N–H and O–H groups in total. The van der Waals surface area contributed by atoms with Crippen LogP contribution in [0.5, 0.6) is 0 Å². The van der Waals surface area contributed by atoms with Crippen molar-refractivity contribution < 1.29 is 10.2 Å². The molecule has 2 aromatic rings. The molecule has 0 aliphatic rings. The second kappa shape index (κ2) is 3.92. The van der Waals surface area contributed by atoms with E-state index in [-0.39, 0.29) is 13.2 Å². The standard InChI is InChI=1S/C10H10N2O4/c13-3-5-1-7-8(2-6(5)4-14)12-10(16)9(15)11-7/h1-2,13-14H,3-4H2,(H,11,15)(H,12,16). The van der Waals surface area contributed by atoms with Crippen molar-refractivity contribution in [3.63, 3.8) is 0 Å². The normalized spacial score (nSPS) is 10.9. The van der Waals surface area contributed by atoms with Crippen molar-refractivity contribution in [3.05, 3.63) is 44.0 Å². The highest BCUT2D eigenvalue weighted by atomic mass is 16.3. The van der Waals surface area contributed by atoms with E-state index in [4.69, 9.17) is 10.2 Å². The van der Waals surface area contributed by atoms with Crippen LogP contribution in [0, 0.1) is 0 Å². The number of rotatable bonds is 2. The van der Waals surface area contributed by atoms with Crippen LogP contribution in [0.1, 0.15) is 11.1 Å². The van der Waals surface area contributed by atoms with Crippen molar-refractivity contribution in [1.29, 1.82) is 0 Å². The van der Waals surface area contributed by atoms with Crippen LogP contribution in [-0.2, 0) is 13.2 Å². The molecule has 0 aliphatic heterocycles. The van der Waals surface area contributed by atoms with Crippen LogP contribution in [-0.4, -0.2) is 20.2 Å². The molecular weight excluding hydrogens is 212 g/mol. The van der Waals surface area contributed by atoms with Gasteiger partial charge in [0, 0.05) is 0 Å². The summed E-state index contributed by atoms with van der Waals surface area (Å²) in [6, 6.07) is 3.05. The van der Waals surface area contributed by atoms with E-state index in [9.17, 15) is 9.59 Å². The Morgan fingerprint density at radius 3 is 1.56 bits per heavy atom. The average Bonchev–Trinajstić information content (AvgIpc) is 2.29. The van der Waals surface area contributed by atoms with Gasteiger partial charge in [-0.15, -0.1) is 0 Å². The highest BCUT2D eigenvalue weighted by molar-refractivity contribution is 5.75. The number of fused-ring (bicyclic) bond motifs is 1. The van der Waals surface area contributed by atoms with Gasteiger partial charge in [-0.1, -0.05) is 0 Å². The van der Waals surface area contributed by atoms with E-state index >= 15 is 0 Å². The third kappa shape index (κ3) is 1.64. The van der Waals surface area contributed by atoms with Gasteiger partial charge in [0.15, 0.2) is 0 Å². The number of benzene rings is 1. The smallest absolute Gasteiger partial charge is 0.314 e. The topological polar surface area (TPSA) is 106 Å². The highest BCUT2D eigenvalue weighted by Gasteiger charge is 2.05. The number of nitrogens with one attached hydrogen (secondary N) is 2. The molecule has 0 aliphatic carbocycles. The quantitative estimate of drug-likeness (QED) is 0.499. The second-order valence-electron chi connectivity index (χ2n) is 3.39. The lowest BCUT2D eigenvalue weighted by Gasteiger charge is -2.06. The molecule has 0 radical (unpaired) electrons. The van der Waals surface area contributed by atoms with E-state index in [1.807, 2.05) is 0 Å². The summed E-state index contributed by atoms with van der Waals surface area (Å²) < 4.78 is 0. The molecule has 2 rings (SSSR count). The molecule has 0 amide bonds. The Morgan fingerprint density at radius 2 is 1.25 bits per heavy atom. The van der Waals surface area contributed by atoms with Crippen molar-refractivity contribution in [2.45, 2.75) is 13.2 Å². The third-order valence-electron chi connectivity index (χ3n) is 2.38. The maximum Gasteiger partial charge on any atom is 0.314 e. The molecule has 0 bridgehead atoms. The van der Waals surface area contributed by atoms with Gasteiger partial charge in [0.25, 0.3) is 0 Å². The highest BCUT2D eigenvalue weighted by Crippen LogP contribution is 2.15. The zero-order valence-corrected chi connectivity index (χ0v) is 8.28. The number of hydrogen-bond donors (Lipinski definition) is 4. The minimum absolute atomic E-state index is 0.243. The van der Waals surface area contributed by atoms with E-state index < -0.39 is 11.1 Å². The lowest BCUT2D eigenvalue weighted by atomic mass is 10.1. The zero-order valence-electron chi connectivity index (χ0n) is 8.28. The Balaban J connectivity index is 2.83. The summed E-state index contributed by atoms with van der Waals surface area (Å²) in [6.45, 7) is -0.486. The molecule has 16 heavy (non-hydrogen) atoms. The SMILES string of the molecule is O=c1[nH]c2cc(CO)c(CO)cc2[nH]c1=O. The fraction of sp³-hybridized carbons (Fsp3) is 0.200. The summed E-state index contributed by atoms with van der Waals surface area (Å²) in [6.07, 6.45) is 0. The fourth-order valence-corrected chi connectivity index (χ4v) is 1.55. The average molecular weight is 222 g/mol. The van der Waals surface area contributed by atoms with Crippen LogP contribution in [0.2, 0.25) is 0 Å². The van der Waals surface area contributed by atoms with Crippen molar-refractivity contribution >= 4 is 11.0 Å². The molecule has 0 saturated carbocycles. The molecule has 0 saturated heterocycles. The van der Waals surface area contributed by atoms with Gasteiger partial charge in [-0.3, -0.25) is 9.59 Å². The van der Waals surface area contributed by atoms with Gasteiger partial charge in [0.1, 0.15) is 0 Å². The van der Waals surface area contributed by atoms with Crippen LogP contribution in [0.25, 0.3) is 11.0 Å². The summed E-state index contributed by atoms with van der Waals surface area (Å²) in [7, 11) is 0. The summed E-state index contributed by atoms with van der Waals surface area (Å²) in [5.41, 5.74) is 0.383. The Labute approximate surface area is 89.2 Å². The Morgan fingerprint density at radius 1 is 0.875 bits per heavy atom. The van der Waals surface area contributed by atoms with Crippen LogP contribution in [0.15, 0.2) is 21.7 Å². The fourth-order valence-electron chi connectivity index (χ4n) is 1.55. The molecule has 0 fully saturated rings. The van der Waals surface area contributed by atoms with Gasteiger partial charge in [0.05, 0.1) is 24.2 Å². The van der Waals surface area contributed by atoms with Gasteiger partial charge in [-0.05, 0) is 23.3 Å². The summed E-state index contributed by atoms with van der Waals surface area (Å²) in [5, 5.41) is 18.1. The minimum Gasteiger partial charge on any atom is -0.392 e. The van der Waals surface area contributed by atoms with Gasteiger partial charge in [0.2, 0.25) is 0 Å². The second-order valence-corrected chi connectivity index (χ2v) is 3.39. The van der Waals surface area contributed by atoms with E-state index in [1.54, 1.807) is 0 Å². The van der Waals surface area contributed by atoms with Crippen molar-refractivity contribution in [3.8, 4) is 0 Å². The van der Waals surface area contributed by atoms with Crippen LogP contribution < -0.4 is 11.1 Å². The summed E-state index contributed by atoms with van der Waals surface area (Å²) in [4.78, 5) is 26.9. The van der Waals surface area contributed by atoms with Gasteiger partial charge >= 0.3 is 11.1 Å². The summed E-state index contributed by atoms with van der Waals surface area (Å²) in [5.74, 6) is 0. The van der Waals surface area contributed by atoms with E-state index in [0.29, 0.717) is 22.2 Å². The first-order chi connectivity index (χ1) is 7.65. The monoisotopic (exact) mass is 222 g/mol. The van der Waals surface area contributed by atoms with Crippen molar-refractivity contribution in [1.82, 2.24) is 9.97 Å². The molecule has 6 heteroatoms. The van der Waals surface area contributed by atoms with Crippen LogP contribution in [0.3, 0.4) is 0 Å². The third-order valence-corrected chi connectivity index (χ3v) is 2.38. The molecule has 6 nitrogen and oxygen atoms in total. The largest absolute Gasteiger partial charge is 0.392 e. The number of aromatic amines is 2. The maximum absolute atomic E-state index is 11.1. The lowest BCUT2D eigenvalue weighted by Crippen LogP contribution is -2.29. The molecule has 1 aromatic heterocycles. The summed E-state index contributed by atoms with van der Waals surface area (Å²) >= 11 is 0. The van der Waals surface area contributed by atoms with Gasteiger partial charge in [-0.2, -0.15) is 0 Å². The molecule has 1 aromatic carbocycles. The van der Waals surface area contributed by atoms with Crippen molar-refractivity contribution in [2.24, 2.45) is 0 Å². The predicted molar refractivity (Wildman–Crippen MR) is 57.0 cm³/mol. The van der Waals surface area contributed by atoms with Crippen LogP contribution in [0.4, 0.5) is 0 Å². The number of H-pyrrole nitrogens is 2. The van der Waals surface area contributed by atoms with Gasteiger partial charge in [-0.25, -0.2) is 0 Å². The first-order valence-corrected chi connectivity index (χ1v) is 4.65. The number of hydrogen-bond acceptors (Lipinski definition) is 4. The molecule has 0 atom stereocenters. The molecule has 0 unspecified atom stereocenters. The number of aromatic nitrogens is 2. The van der Waals surface area contributed by atoms with Crippen LogP contribution >= 0.6 is 0 Å². The lowest BCUT2D eigenvalue weighted by molar-refractivity contribution is 0.260. The van der Waals surface area contributed by atoms with Gasteiger partial charge < -0.3 is 20.2 Å². The predicted octanol–water partition coefficient (Wildman–Crippen LogP) is -0.799. The Hall–Kier alpha value is -1.92. The van der Waals surface area contributed by atoms with E-state index in [1.165, 1.54) is 12.1 Å². The molecule has 84 valence electrons. The number of aliphatic hydroxyl groups is 2. The first kappa shape index (κ1) is 10.6. The number of aliphatic hydroxyl groups excluding tert-OH is 2.